The molecule has 0 saturated heterocycles. The van der Waals surface area contributed by atoms with Gasteiger partial charge in [0.2, 0.25) is 0 Å². The molecule has 0 aliphatic carbocycles. The van der Waals surface area contributed by atoms with E-state index in [1.165, 1.54) is 0 Å². The highest BCUT2D eigenvalue weighted by Crippen LogP contribution is 2.30. The lowest BCUT2D eigenvalue weighted by atomic mass is 10.0. The molecule has 3 aromatic carbocycles. The summed E-state index contributed by atoms with van der Waals surface area (Å²) in [7, 11) is 0. The Labute approximate surface area is 157 Å². The largest absolute Gasteiger partial charge is 0.292 e. The highest BCUT2D eigenvalue weighted by molar-refractivity contribution is 5.84. The minimum Gasteiger partial charge on any atom is -0.292 e. The Morgan fingerprint density at radius 2 is 1.41 bits per heavy atom. The minimum absolute atomic E-state index is 0.938. The Hall–Kier alpha value is -3.72. The van der Waals surface area contributed by atoms with Crippen molar-refractivity contribution in [2.45, 2.75) is 0 Å². The summed E-state index contributed by atoms with van der Waals surface area (Å²) in [5.74, 6) is 0.938. The summed E-state index contributed by atoms with van der Waals surface area (Å²) >= 11 is 0. The lowest BCUT2D eigenvalue weighted by Gasteiger charge is -2.10. The zero-order valence-electron chi connectivity index (χ0n) is 14.7. The molecule has 3 nitrogen and oxygen atoms in total. The van der Waals surface area contributed by atoms with Crippen LogP contribution >= 0.6 is 0 Å². The van der Waals surface area contributed by atoms with E-state index in [9.17, 15) is 0 Å². The summed E-state index contributed by atoms with van der Waals surface area (Å²) < 4.78 is 2.22. The van der Waals surface area contributed by atoms with Gasteiger partial charge in [-0.05, 0) is 42.0 Å². The molecule has 0 atom stereocenters. The van der Waals surface area contributed by atoms with Crippen LogP contribution in [-0.2, 0) is 0 Å². The van der Waals surface area contributed by atoms with Crippen LogP contribution in [0.1, 0.15) is 0 Å². The number of para-hydroxylation sites is 3. The monoisotopic (exact) mass is 347 g/mol. The molecule has 0 aliphatic heterocycles. The molecule has 0 fully saturated rings. The number of aromatic nitrogens is 3. The van der Waals surface area contributed by atoms with E-state index in [0.29, 0.717) is 0 Å². The Morgan fingerprint density at radius 3 is 2.26 bits per heavy atom. The fourth-order valence-electron chi connectivity index (χ4n) is 3.43. The van der Waals surface area contributed by atoms with Crippen LogP contribution in [0.5, 0.6) is 0 Å². The van der Waals surface area contributed by atoms with Gasteiger partial charge in [-0.3, -0.25) is 9.55 Å². The Bertz CT molecular complexity index is 1210. The average Bonchev–Trinajstić information content (AvgIpc) is 3.15. The maximum atomic E-state index is 4.94. The van der Waals surface area contributed by atoms with Gasteiger partial charge in [0.1, 0.15) is 5.82 Å². The molecule has 0 radical (unpaired) electrons. The van der Waals surface area contributed by atoms with Gasteiger partial charge < -0.3 is 0 Å². The summed E-state index contributed by atoms with van der Waals surface area (Å²) in [6.45, 7) is 0. The lowest BCUT2D eigenvalue weighted by Crippen LogP contribution is -1.97. The van der Waals surface area contributed by atoms with Gasteiger partial charge >= 0.3 is 0 Å². The standard InChI is InChI=1S/C24H17N3/c1-2-11-21(12-3-1)27-23-14-5-4-13-22(23)26-24(27)19-9-6-8-18(16-19)20-10-7-15-25-17-20/h1-17H. The van der Waals surface area contributed by atoms with Crippen molar-refractivity contribution in [2.75, 3.05) is 0 Å². The molecule has 0 unspecified atom stereocenters. The third-order valence-corrected chi connectivity index (χ3v) is 4.69. The first-order valence-corrected chi connectivity index (χ1v) is 8.94. The minimum atomic E-state index is 0.938. The molecule has 2 heterocycles. The quantitative estimate of drug-likeness (QED) is 0.416. The van der Waals surface area contributed by atoms with E-state index in [1.807, 2.05) is 24.4 Å². The fraction of sp³-hybridized carbons (Fsp3) is 0. The van der Waals surface area contributed by atoms with Crippen molar-refractivity contribution in [1.82, 2.24) is 14.5 Å². The first-order valence-electron chi connectivity index (χ1n) is 8.94. The van der Waals surface area contributed by atoms with E-state index in [1.54, 1.807) is 6.20 Å². The van der Waals surface area contributed by atoms with Crippen molar-refractivity contribution < 1.29 is 0 Å². The lowest BCUT2D eigenvalue weighted by molar-refractivity contribution is 1.10. The van der Waals surface area contributed by atoms with Crippen molar-refractivity contribution >= 4 is 11.0 Å². The Kier molecular flexibility index (Phi) is 3.76. The van der Waals surface area contributed by atoms with Crippen molar-refractivity contribution in [1.29, 1.82) is 0 Å². The number of hydrogen-bond acceptors (Lipinski definition) is 2. The van der Waals surface area contributed by atoms with Crippen LogP contribution in [0.2, 0.25) is 0 Å². The molecule has 2 aromatic heterocycles. The molecule has 128 valence electrons. The number of pyridine rings is 1. The van der Waals surface area contributed by atoms with Crippen molar-refractivity contribution in [3.8, 4) is 28.2 Å². The van der Waals surface area contributed by atoms with Crippen LogP contribution in [0, 0.1) is 0 Å². The number of rotatable bonds is 3. The molecule has 0 aliphatic rings. The van der Waals surface area contributed by atoms with Gasteiger partial charge in [-0.2, -0.15) is 0 Å². The Balaban J connectivity index is 1.75. The summed E-state index contributed by atoms with van der Waals surface area (Å²) in [5, 5.41) is 0. The highest BCUT2D eigenvalue weighted by atomic mass is 15.1. The SMILES string of the molecule is c1ccc(-n2c(-c3cccc(-c4cccnc4)c3)nc3ccccc32)cc1. The average molecular weight is 347 g/mol. The van der Waals surface area contributed by atoms with E-state index in [2.05, 4.69) is 82.3 Å². The summed E-state index contributed by atoms with van der Waals surface area (Å²) in [6, 6.07) is 31.1. The molecule has 0 amide bonds. The normalized spacial score (nSPS) is 11.0. The van der Waals surface area contributed by atoms with Crippen LogP contribution in [-0.4, -0.2) is 14.5 Å². The van der Waals surface area contributed by atoms with Crippen molar-refractivity contribution in [3.05, 3.63) is 103 Å². The number of imidazole rings is 1. The third kappa shape index (κ3) is 2.79. The first-order chi connectivity index (χ1) is 13.4. The van der Waals surface area contributed by atoms with Gasteiger partial charge in [0, 0.05) is 29.2 Å². The van der Waals surface area contributed by atoms with E-state index >= 15 is 0 Å². The van der Waals surface area contributed by atoms with E-state index in [4.69, 9.17) is 4.98 Å². The Morgan fingerprint density at radius 1 is 0.630 bits per heavy atom. The third-order valence-electron chi connectivity index (χ3n) is 4.69. The molecular weight excluding hydrogens is 330 g/mol. The maximum absolute atomic E-state index is 4.94. The van der Waals surface area contributed by atoms with Crippen LogP contribution < -0.4 is 0 Å². The van der Waals surface area contributed by atoms with Crippen LogP contribution in [0.3, 0.4) is 0 Å². The number of hydrogen-bond donors (Lipinski definition) is 0. The smallest absolute Gasteiger partial charge is 0.145 e. The fourth-order valence-corrected chi connectivity index (χ4v) is 3.43. The van der Waals surface area contributed by atoms with Crippen molar-refractivity contribution in [2.24, 2.45) is 0 Å². The first kappa shape index (κ1) is 15.5. The summed E-state index contributed by atoms with van der Waals surface area (Å²) in [4.78, 5) is 9.18. The van der Waals surface area contributed by atoms with Crippen molar-refractivity contribution in [3.63, 3.8) is 0 Å². The molecular formula is C24H17N3. The molecule has 0 bridgehead atoms. The van der Waals surface area contributed by atoms with E-state index in [-0.39, 0.29) is 0 Å². The second-order valence-electron chi connectivity index (χ2n) is 6.42. The highest BCUT2D eigenvalue weighted by Gasteiger charge is 2.14. The predicted molar refractivity (Wildman–Crippen MR) is 110 cm³/mol. The molecule has 0 N–H and O–H groups in total. The zero-order valence-corrected chi connectivity index (χ0v) is 14.7. The number of nitrogens with zero attached hydrogens (tertiary/aromatic N) is 3. The van der Waals surface area contributed by atoms with Crippen LogP contribution in [0.25, 0.3) is 39.2 Å². The summed E-state index contributed by atoms with van der Waals surface area (Å²) in [5.41, 5.74) is 6.51. The second kappa shape index (κ2) is 6.54. The van der Waals surface area contributed by atoms with Gasteiger partial charge in [0.05, 0.1) is 11.0 Å². The number of benzene rings is 3. The van der Waals surface area contributed by atoms with E-state index < -0.39 is 0 Å². The second-order valence-corrected chi connectivity index (χ2v) is 6.42. The predicted octanol–water partition coefficient (Wildman–Crippen LogP) is 5.75. The summed E-state index contributed by atoms with van der Waals surface area (Å²) in [6.07, 6.45) is 3.68. The van der Waals surface area contributed by atoms with Gasteiger partial charge in [-0.1, -0.05) is 54.6 Å². The topological polar surface area (TPSA) is 30.7 Å². The van der Waals surface area contributed by atoms with Gasteiger partial charge in [0.15, 0.2) is 0 Å². The van der Waals surface area contributed by atoms with Crippen LogP contribution in [0.4, 0.5) is 0 Å². The van der Waals surface area contributed by atoms with Crippen LogP contribution in [0.15, 0.2) is 103 Å². The maximum Gasteiger partial charge on any atom is 0.145 e. The van der Waals surface area contributed by atoms with E-state index in [0.717, 1.165) is 39.2 Å². The molecule has 27 heavy (non-hydrogen) atoms. The molecule has 0 saturated carbocycles. The molecule has 3 heteroatoms. The molecule has 5 rings (SSSR count). The molecule has 5 aromatic rings. The number of fused-ring (bicyclic) bond motifs is 1. The van der Waals surface area contributed by atoms with Gasteiger partial charge in [0.25, 0.3) is 0 Å². The van der Waals surface area contributed by atoms with Gasteiger partial charge in [-0.15, -0.1) is 0 Å². The zero-order chi connectivity index (χ0) is 18.1. The van der Waals surface area contributed by atoms with Gasteiger partial charge in [-0.25, -0.2) is 4.98 Å². The molecule has 0 spiro atoms.